The lowest BCUT2D eigenvalue weighted by Gasteiger charge is -2.25. The normalized spacial score (nSPS) is 13.6. The van der Waals surface area contributed by atoms with Gasteiger partial charge >= 0.3 is 0 Å². The van der Waals surface area contributed by atoms with Crippen LogP contribution in [0, 0.1) is 0 Å². The van der Waals surface area contributed by atoms with E-state index in [4.69, 9.17) is 9.47 Å². The third kappa shape index (κ3) is 6.61. The van der Waals surface area contributed by atoms with Crippen molar-refractivity contribution in [3.63, 3.8) is 0 Å². The summed E-state index contributed by atoms with van der Waals surface area (Å²) in [7, 11) is 0. The number of nitrogens with one attached hydrogen (secondary N) is 2. The number of carbonyl (C=O) groups is 2. The van der Waals surface area contributed by atoms with Gasteiger partial charge in [0.05, 0.1) is 18.9 Å². The van der Waals surface area contributed by atoms with Crippen LogP contribution in [0.5, 0.6) is 5.75 Å². The number of anilines is 1. The first kappa shape index (κ1) is 22.4. The summed E-state index contributed by atoms with van der Waals surface area (Å²) in [6.07, 6.45) is 4.70. The van der Waals surface area contributed by atoms with Crippen LogP contribution in [-0.4, -0.2) is 48.1 Å². The highest BCUT2D eigenvalue weighted by atomic mass is 32.1. The molecule has 2 aromatic heterocycles. The van der Waals surface area contributed by atoms with Gasteiger partial charge in [0.25, 0.3) is 11.8 Å². The Kier molecular flexibility index (Phi) is 7.62. The maximum absolute atomic E-state index is 12.3. The van der Waals surface area contributed by atoms with Crippen molar-refractivity contribution < 1.29 is 19.1 Å². The van der Waals surface area contributed by atoms with E-state index in [-0.39, 0.29) is 5.69 Å². The highest BCUT2D eigenvalue weighted by molar-refractivity contribution is 7.13. The zero-order valence-electron chi connectivity index (χ0n) is 17.8. The number of carbonyl (C=O) groups excluding carboxylic acids is 2. The number of hydrogen-bond acceptors (Lipinski definition) is 8. The van der Waals surface area contributed by atoms with Crippen molar-refractivity contribution in [3.8, 4) is 5.75 Å². The first-order valence-corrected chi connectivity index (χ1v) is 11.2. The number of amides is 2. The molecule has 1 saturated heterocycles. The highest BCUT2D eigenvalue weighted by Crippen LogP contribution is 2.21. The molecule has 4 rings (SSSR count). The lowest BCUT2D eigenvalue weighted by atomic mass is 10.2. The second-order valence-corrected chi connectivity index (χ2v) is 7.91. The molecule has 3 aromatic rings. The van der Waals surface area contributed by atoms with Crippen LogP contribution in [0.3, 0.4) is 0 Å². The van der Waals surface area contributed by atoms with Crippen LogP contribution >= 0.6 is 11.3 Å². The van der Waals surface area contributed by atoms with Crippen LogP contribution in [-0.2, 0) is 16.1 Å². The van der Waals surface area contributed by atoms with E-state index in [0.29, 0.717) is 25.6 Å². The van der Waals surface area contributed by atoms with E-state index in [1.807, 2.05) is 42.5 Å². The summed E-state index contributed by atoms with van der Waals surface area (Å²) in [5.74, 6) is -0.224. The van der Waals surface area contributed by atoms with Gasteiger partial charge in [0.2, 0.25) is 0 Å². The molecule has 9 nitrogen and oxygen atoms in total. The molecule has 1 fully saturated rings. The summed E-state index contributed by atoms with van der Waals surface area (Å²) in [6.45, 7) is 3.15. The summed E-state index contributed by atoms with van der Waals surface area (Å²) in [6, 6.07) is 13.0. The Bertz CT molecular complexity index is 1100. The van der Waals surface area contributed by atoms with Crippen LogP contribution < -0.4 is 20.5 Å². The van der Waals surface area contributed by atoms with E-state index in [9.17, 15) is 9.59 Å². The van der Waals surface area contributed by atoms with Gasteiger partial charge in [-0.25, -0.2) is 4.98 Å². The molecule has 33 heavy (non-hydrogen) atoms. The smallest absolute Gasteiger partial charge is 0.289 e. The molecule has 10 heteroatoms. The fourth-order valence-electron chi connectivity index (χ4n) is 2.98. The SMILES string of the molecule is O=C(/C=C/c1ccc(OCc2ccccn2)cc1)NNC(=O)c1csc(N2CCOCC2)n1. The fourth-order valence-corrected chi connectivity index (χ4v) is 3.84. The molecule has 0 aliphatic carbocycles. The van der Waals surface area contributed by atoms with Gasteiger partial charge in [-0.1, -0.05) is 18.2 Å². The first-order chi connectivity index (χ1) is 16.2. The molecule has 0 unspecified atom stereocenters. The number of nitrogens with zero attached hydrogens (tertiary/aromatic N) is 3. The molecular weight excluding hydrogens is 442 g/mol. The van der Waals surface area contributed by atoms with Gasteiger partial charge in [-0.05, 0) is 35.9 Å². The van der Waals surface area contributed by atoms with Gasteiger partial charge in [0.1, 0.15) is 18.1 Å². The zero-order chi connectivity index (χ0) is 22.9. The molecule has 0 bridgehead atoms. The number of morpholine rings is 1. The molecular formula is C23H23N5O4S. The fraction of sp³-hybridized carbons (Fsp3) is 0.217. The molecule has 170 valence electrons. The number of ether oxygens (including phenoxy) is 2. The average Bonchev–Trinajstić information content (AvgIpc) is 3.37. The number of benzene rings is 1. The minimum atomic E-state index is -0.470. The van der Waals surface area contributed by atoms with E-state index in [2.05, 4.69) is 25.7 Å². The van der Waals surface area contributed by atoms with Gasteiger partial charge in [-0.2, -0.15) is 0 Å². The number of thiazole rings is 1. The molecule has 0 atom stereocenters. The van der Waals surface area contributed by atoms with Gasteiger partial charge in [0, 0.05) is 30.7 Å². The van der Waals surface area contributed by atoms with Crippen molar-refractivity contribution in [2.75, 3.05) is 31.2 Å². The Morgan fingerprint density at radius 2 is 1.94 bits per heavy atom. The van der Waals surface area contributed by atoms with Crippen LogP contribution in [0.25, 0.3) is 6.08 Å². The summed E-state index contributed by atoms with van der Waals surface area (Å²) in [5.41, 5.74) is 6.66. The molecule has 0 spiro atoms. The Morgan fingerprint density at radius 1 is 1.12 bits per heavy atom. The summed E-state index contributed by atoms with van der Waals surface area (Å²) in [5, 5.41) is 2.43. The molecule has 2 N–H and O–H groups in total. The minimum Gasteiger partial charge on any atom is -0.487 e. The Labute approximate surface area is 195 Å². The van der Waals surface area contributed by atoms with Crippen LogP contribution in [0.4, 0.5) is 5.13 Å². The van der Waals surface area contributed by atoms with Gasteiger partial charge in [-0.3, -0.25) is 25.4 Å². The molecule has 1 aromatic carbocycles. The van der Waals surface area contributed by atoms with Crippen molar-refractivity contribution in [2.45, 2.75) is 6.61 Å². The quantitative estimate of drug-likeness (QED) is 0.408. The van der Waals surface area contributed by atoms with E-state index in [1.165, 1.54) is 17.4 Å². The van der Waals surface area contributed by atoms with Gasteiger partial charge < -0.3 is 14.4 Å². The number of hydrazine groups is 1. The Balaban J connectivity index is 1.22. The average molecular weight is 466 g/mol. The topological polar surface area (TPSA) is 106 Å². The third-order valence-electron chi connectivity index (χ3n) is 4.73. The Hall–Kier alpha value is -3.76. The molecule has 3 heterocycles. The standard InChI is InChI=1S/C23H23N5O4S/c29-21(26-27-22(30)20-16-33-23(25-20)28-11-13-31-14-12-28)9-6-17-4-7-19(8-5-17)32-15-18-3-1-2-10-24-18/h1-10,16H,11-15H2,(H,26,29)(H,27,30)/b9-6+. The van der Waals surface area contributed by atoms with Crippen molar-refractivity contribution in [2.24, 2.45) is 0 Å². The van der Waals surface area contributed by atoms with Crippen molar-refractivity contribution >= 4 is 34.4 Å². The lowest BCUT2D eigenvalue weighted by molar-refractivity contribution is -0.117. The van der Waals surface area contributed by atoms with Crippen LogP contribution in [0.15, 0.2) is 60.1 Å². The molecule has 1 aliphatic heterocycles. The largest absolute Gasteiger partial charge is 0.487 e. The second kappa shape index (κ2) is 11.2. The predicted molar refractivity (Wildman–Crippen MR) is 125 cm³/mol. The third-order valence-corrected chi connectivity index (χ3v) is 5.63. The summed E-state index contributed by atoms with van der Waals surface area (Å²) in [4.78, 5) is 34.9. The van der Waals surface area contributed by atoms with Crippen molar-refractivity contribution in [1.29, 1.82) is 0 Å². The van der Waals surface area contributed by atoms with Crippen molar-refractivity contribution in [1.82, 2.24) is 20.8 Å². The van der Waals surface area contributed by atoms with Gasteiger partial charge in [-0.15, -0.1) is 11.3 Å². The Morgan fingerprint density at radius 3 is 2.70 bits per heavy atom. The molecule has 0 radical (unpaired) electrons. The number of pyridine rings is 1. The van der Waals surface area contributed by atoms with E-state index >= 15 is 0 Å². The lowest BCUT2D eigenvalue weighted by Crippen LogP contribution is -2.41. The number of hydrogen-bond donors (Lipinski definition) is 2. The van der Waals surface area contributed by atoms with Crippen LogP contribution in [0.2, 0.25) is 0 Å². The predicted octanol–water partition coefficient (Wildman–Crippen LogP) is 2.43. The summed E-state index contributed by atoms with van der Waals surface area (Å²) < 4.78 is 11.0. The van der Waals surface area contributed by atoms with E-state index in [1.54, 1.807) is 17.7 Å². The molecule has 1 aliphatic rings. The number of aromatic nitrogens is 2. The van der Waals surface area contributed by atoms with E-state index < -0.39 is 11.8 Å². The molecule has 0 saturated carbocycles. The van der Waals surface area contributed by atoms with Crippen LogP contribution in [0.1, 0.15) is 21.7 Å². The zero-order valence-corrected chi connectivity index (χ0v) is 18.6. The minimum absolute atomic E-state index is 0.257. The maximum Gasteiger partial charge on any atom is 0.289 e. The molecule has 2 amide bonds. The maximum atomic E-state index is 12.3. The van der Waals surface area contributed by atoms with Crippen molar-refractivity contribution in [3.05, 3.63) is 77.1 Å². The highest BCUT2D eigenvalue weighted by Gasteiger charge is 2.17. The monoisotopic (exact) mass is 465 g/mol. The second-order valence-electron chi connectivity index (χ2n) is 7.07. The summed E-state index contributed by atoms with van der Waals surface area (Å²) >= 11 is 1.39. The number of rotatable bonds is 7. The van der Waals surface area contributed by atoms with E-state index in [0.717, 1.165) is 29.5 Å². The first-order valence-electron chi connectivity index (χ1n) is 10.4. The van der Waals surface area contributed by atoms with Gasteiger partial charge in [0.15, 0.2) is 5.13 Å².